The number of likely N-dealkylation sites (tertiary alicyclic amines) is 1. The van der Waals surface area contributed by atoms with Crippen LogP contribution >= 0.6 is 0 Å². The monoisotopic (exact) mass is 244 g/mol. The Morgan fingerprint density at radius 2 is 2.00 bits per heavy atom. The minimum absolute atomic E-state index is 0.814. The molecule has 2 heteroatoms. The molecule has 2 atom stereocenters. The Kier molecular flexibility index (Phi) is 3.96. The van der Waals surface area contributed by atoms with Crippen LogP contribution in [0.25, 0.3) is 0 Å². The zero-order valence-corrected chi connectivity index (χ0v) is 11.1. The Labute approximate surface area is 110 Å². The highest BCUT2D eigenvalue weighted by Gasteiger charge is 2.31. The zero-order chi connectivity index (χ0) is 12.2. The molecule has 2 heterocycles. The van der Waals surface area contributed by atoms with E-state index < -0.39 is 0 Å². The first kappa shape index (κ1) is 12.2. The minimum atomic E-state index is 0.814. The van der Waals surface area contributed by atoms with Gasteiger partial charge in [-0.25, -0.2) is 0 Å². The van der Waals surface area contributed by atoms with Gasteiger partial charge in [0.05, 0.1) is 0 Å². The van der Waals surface area contributed by atoms with Gasteiger partial charge in [0.25, 0.3) is 0 Å². The summed E-state index contributed by atoms with van der Waals surface area (Å²) in [5, 5.41) is 3.53. The van der Waals surface area contributed by atoms with Gasteiger partial charge in [0.15, 0.2) is 0 Å². The van der Waals surface area contributed by atoms with Gasteiger partial charge in [-0.1, -0.05) is 36.8 Å². The number of nitrogens with zero attached hydrogens (tertiary/aromatic N) is 1. The molecule has 3 rings (SSSR count). The average Bonchev–Trinajstić information content (AvgIpc) is 2.94. The van der Waals surface area contributed by atoms with Crippen molar-refractivity contribution in [2.75, 3.05) is 19.6 Å². The van der Waals surface area contributed by atoms with Crippen molar-refractivity contribution in [3.63, 3.8) is 0 Å². The lowest BCUT2D eigenvalue weighted by atomic mass is 9.89. The molecule has 2 fully saturated rings. The lowest BCUT2D eigenvalue weighted by molar-refractivity contribution is 0.0984. The predicted octanol–water partition coefficient (Wildman–Crippen LogP) is 2.65. The molecule has 2 unspecified atom stereocenters. The number of hydrogen-bond acceptors (Lipinski definition) is 2. The maximum absolute atomic E-state index is 3.53. The molecule has 2 saturated heterocycles. The molecule has 2 aliphatic rings. The van der Waals surface area contributed by atoms with E-state index in [9.17, 15) is 0 Å². The van der Waals surface area contributed by atoms with Crippen LogP contribution in [-0.4, -0.2) is 30.6 Å². The maximum atomic E-state index is 3.53. The Balaban J connectivity index is 1.67. The van der Waals surface area contributed by atoms with Gasteiger partial charge in [0.1, 0.15) is 0 Å². The first-order valence-electron chi connectivity index (χ1n) is 7.42. The molecule has 2 nitrogen and oxygen atoms in total. The summed E-state index contributed by atoms with van der Waals surface area (Å²) in [6.07, 6.45) is 5.57. The van der Waals surface area contributed by atoms with Gasteiger partial charge in [-0.2, -0.15) is 0 Å². The van der Waals surface area contributed by atoms with E-state index in [1.165, 1.54) is 50.9 Å². The molecule has 0 saturated carbocycles. The summed E-state index contributed by atoms with van der Waals surface area (Å²) in [5.41, 5.74) is 1.47. The highest BCUT2D eigenvalue weighted by atomic mass is 15.2. The van der Waals surface area contributed by atoms with Gasteiger partial charge in [-0.15, -0.1) is 0 Å². The fourth-order valence-corrected chi connectivity index (χ4v) is 3.57. The van der Waals surface area contributed by atoms with Crippen LogP contribution in [0, 0.1) is 5.92 Å². The van der Waals surface area contributed by atoms with Gasteiger partial charge >= 0.3 is 0 Å². The largest absolute Gasteiger partial charge is 0.316 e. The molecule has 0 radical (unpaired) electrons. The van der Waals surface area contributed by atoms with E-state index in [4.69, 9.17) is 0 Å². The van der Waals surface area contributed by atoms with Gasteiger partial charge < -0.3 is 5.32 Å². The SMILES string of the molecule is c1ccc(CN2CCCCC2C2CCNC2)cc1. The normalized spacial score (nSPS) is 29.6. The summed E-state index contributed by atoms with van der Waals surface area (Å²) < 4.78 is 0. The van der Waals surface area contributed by atoms with Crippen molar-refractivity contribution in [2.24, 2.45) is 5.92 Å². The second-order valence-electron chi connectivity index (χ2n) is 5.77. The molecule has 1 aromatic carbocycles. The van der Waals surface area contributed by atoms with E-state index in [-0.39, 0.29) is 0 Å². The molecule has 0 spiro atoms. The first-order valence-corrected chi connectivity index (χ1v) is 7.42. The third-order valence-electron chi connectivity index (χ3n) is 4.54. The molecule has 0 amide bonds. The smallest absolute Gasteiger partial charge is 0.0236 e. The van der Waals surface area contributed by atoms with Gasteiger partial charge in [0.2, 0.25) is 0 Å². The summed E-state index contributed by atoms with van der Waals surface area (Å²) in [6.45, 7) is 4.88. The second-order valence-corrected chi connectivity index (χ2v) is 5.77. The van der Waals surface area contributed by atoms with E-state index in [1.54, 1.807) is 0 Å². The summed E-state index contributed by atoms with van der Waals surface area (Å²) in [7, 11) is 0. The van der Waals surface area contributed by atoms with Crippen LogP contribution in [0.5, 0.6) is 0 Å². The standard InChI is InChI=1S/C16H24N2/c1-2-6-14(7-3-1)13-18-11-5-4-8-16(18)15-9-10-17-12-15/h1-3,6-7,15-17H,4-5,8-13H2. The summed E-state index contributed by atoms with van der Waals surface area (Å²) >= 11 is 0. The highest BCUT2D eigenvalue weighted by Crippen LogP contribution is 2.28. The van der Waals surface area contributed by atoms with Crippen molar-refractivity contribution in [1.82, 2.24) is 10.2 Å². The molecule has 98 valence electrons. The van der Waals surface area contributed by atoms with E-state index in [1.807, 2.05) is 0 Å². The quantitative estimate of drug-likeness (QED) is 0.879. The van der Waals surface area contributed by atoms with E-state index in [0.717, 1.165) is 18.5 Å². The molecule has 0 bridgehead atoms. The van der Waals surface area contributed by atoms with Crippen molar-refractivity contribution in [3.8, 4) is 0 Å². The first-order chi connectivity index (χ1) is 8.93. The number of hydrogen-bond donors (Lipinski definition) is 1. The number of benzene rings is 1. The third kappa shape index (κ3) is 2.76. The minimum Gasteiger partial charge on any atom is -0.316 e. The van der Waals surface area contributed by atoms with Gasteiger partial charge in [-0.3, -0.25) is 4.90 Å². The number of rotatable bonds is 3. The number of piperidine rings is 1. The summed E-state index contributed by atoms with van der Waals surface area (Å²) in [6, 6.07) is 11.8. The van der Waals surface area contributed by atoms with Crippen LogP contribution in [0.2, 0.25) is 0 Å². The molecule has 18 heavy (non-hydrogen) atoms. The molecule has 1 N–H and O–H groups in total. The van der Waals surface area contributed by atoms with Crippen LogP contribution < -0.4 is 5.32 Å². The zero-order valence-electron chi connectivity index (χ0n) is 11.1. The molecule has 1 aromatic rings. The van der Waals surface area contributed by atoms with Crippen molar-refractivity contribution in [2.45, 2.75) is 38.3 Å². The molecule has 0 aromatic heterocycles. The van der Waals surface area contributed by atoms with Crippen molar-refractivity contribution in [3.05, 3.63) is 35.9 Å². The van der Waals surface area contributed by atoms with Gasteiger partial charge in [-0.05, 0) is 50.4 Å². The summed E-state index contributed by atoms with van der Waals surface area (Å²) in [5.74, 6) is 0.883. The molecule has 2 aliphatic heterocycles. The van der Waals surface area contributed by atoms with Crippen LogP contribution in [-0.2, 0) is 6.54 Å². The Morgan fingerprint density at radius 1 is 1.11 bits per heavy atom. The summed E-state index contributed by atoms with van der Waals surface area (Å²) in [4.78, 5) is 2.73. The molecular formula is C16H24N2. The third-order valence-corrected chi connectivity index (χ3v) is 4.54. The lowest BCUT2D eigenvalue weighted by Gasteiger charge is -2.39. The van der Waals surface area contributed by atoms with Crippen molar-refractivity contribution < 1.29 is 0 Å². The lowest BCUT2D eigenvalue weighted by Crippen LogP contribution is -2.44. The van der Waals surface area contributed by atoms with Crippen LogP contribution in [0.15, 0.2) is 30.3 Å². The maximum Gasteiger partial charge on any atom is 0.0236 e. The van der Waals surface area contributed by atoms with Crippen molar-refractivity contribution in [1.29, 1.82) is 0 Å². The fraction of sp³-hybridized carbons (Fsp3) is 0.625. The van der Waals surface area contributed by atoms with Gasteiger partial charge in [0, 0.05) is 12.6 Å². The van der Waals surface area contributed by atoms with Crippen LogP contribution in [0.3, 0.4) is 0 Å². The Morgan fingerprint density at radius 3 is 2.78 bits per heavy atom. The molecule has 0 aliphatic carbocycles. The second kappa shape index (κ2) is 5.85. The predicted molar refractivity (Wildman–Crippen MR) is 75.5 cm³/mol. The molecular weight excluding hydrogens is 220 g/mol. The average molecular weight is 244 g/mol. The Hall–Kier alpha value is -0.860. The van der Waals surface area contributed by atoms with E-state index in [2.05, 4.69) is 40.5 Å². The topological polar surface area (TPSA) is 15.3 Å². The van der Waals surface area contributed by atoms with Crippen LogP contribution in [0.1, 0.15) is 31.2 Å². The van der Waals surface area contributed by atoms with E-state index >= 15 is 0 Å². The highest BCUT2D eigenvalue weighted by molar-refractivity contribution is 5.14. The number of nitrogens with one attached hydrogen (secondary N) is 1. The van der Waals surface area contributed by atoms with Crippen molar-refractivity contribution >= 4 is 0 Å². The van der Waals surface area contributed by atoms with Crippen LogP contribution in [0.4, 0.5) is 0 Å². The van der Waals surface area contributed by atoms with E-state index in [0.29, 0.717) is 0 Å². The Bertz CT molecular complexity index is 357. The fourth-order valence-electron chi connectivity index (χ4n) is 3.57.